The van der Waals surface area contributed by atoms with Gasteiger partial charge in [-0.2, -0.15) is 0 Å². The molecule has 1 aromatic carbocycles. The Bertz CT molecular complexity index is 799. The molecule has 0 unspecified atom stereocenters. The van der Waals surface area contributed by atoms with E-state index in [-0.39, 0.29) is 17.7 Å². The molecule has 1 fully saturated rings. The Balaban J connectivity index is 1.69. The summed E-state index contributed by atoms with van der Waals surface area (Å²) in [5.74, 6) is 0.313. The summed E-state index contributed by atoms with van der Waals surface area (Å²) in [5.41, 5.74) is 1.87. The van der Waals surface area contributed by atoms with E-state index in [2.05, 4.69) is 20.5 Å². The van der Waals surface area contributed by atoms with Crippen molar-refractivity contribution < 1.29 is 14.3 Å². The average molecular weight is 368 g/mol. The monoisotopic (exact) mass is 368 g/mol. The van der Waals surface area contributed by atoms with Gasteiger partial charge in [-0.3, -0.25) is 9.59 Å². The molecule has 2 amide bonds. The van der Waals surface area contributed by atoms with Crippen LogP contribution in [0.2, 0.25) is 0 Å². The Morgan fingerprint density at radius 1 is 1.04 bits per heavy atom. The number of carbonyl (C=O) groups is 2. The number of carbonyl (C=O) groups excluding carboxylic acids is 2. The third kappa shape index (κ3) is 4.83. The first kappa shape index (κ1) is 18.8. The zero-order chi connectivity index (χ0) is 19.2. The molecule has 7 heteroatoms. The lowest BCUT2D eigenvalue weighted by atomic mass is 10.2. The Morgan fingerprint density at radius 2 is 1.67 bits per heavy atom. The number of anilines is 3. The topological polar surface area (TPSA) is 83.6 Å². The third-order valence-electron chi connectivity index (χ3n) is 4.28. The molecule has 1 aromatic heterocycles. The lowest BCUT2D eigenvalue weighted by Gasteiger charge is -2.29. The minimum atomic E-state index is -0.219. The average Bonchev–Trinajstić information content (AvgIpc) is 2.70. The van der Waals surface area contributed by atoms with Gasteiger partial charge in [-0.25, -0.2) is 4.98 Å². The van der Waals surface area contributed by atoms with Crippen LogP contribution in [0, 0.1) is 5.92 Å². The van der Waals surface area contributed by atoms with E-state index < -0.39 is 0 Å². The molecular weight excluding hydrogens is 344 g/mol. The van der Waals surface area contributed by atoms with Crippen LogP contribution in [0.15, 0.2) is 42.6 Å². The molecule has 0 spiro atoms. The Hall–Kier alpha value is -2.93. The second-order valence-corrected chi connectivity index (χ2v) is 6.65. The fourth-order valence-electron chi connectivity index (χ4n) is 2.72. The minimum absolute atomic E-state index is 0.0442. The molecule has 3 rings (SSSR count). The summed E-state index contributed by atoms with van der Waals surface area (Å²) in [6.07, 6.45) is 1.69. The largest absolute Gasteiger partial charge is 0.378 e. The SMILES string of the molecule is CC(C)C(=O)Nc1ccc(NC(=O)c2cccnc2N2CCOCC2)cc1. The van der Waals surface area contributed by atoms with Gasteiger partial charge in [0.2, 0.25) is 5.91 Å². The second-order valence-electron chi connectivity index (χ2n) is 6.65. The first-order valence-corrected chi connectivity index (χ1v) is 9.04. The quantitative estimate of drug-likeness (QED) is 0.848. The number of nitrogens with zero attached hydrogens (tertiary/aromatic N) is 2. The molecule has 0 bridgehead atoms. The smallest absolute Gasteiger partial charge is 0.259 e. The van der Waals surface area contributed by atoms with E-state index in [4.69, 9.17) is 4.74 Å². The highest BCUT2D eigenvalue weighted by molar-refractivity contribution is 6.07. The Kier molecular flexibility index (Phi) is 6.03. The number of benzene rings is 1. The lowest BCUT2D eigenvalue weighted by Crippen LogP contribution is -2.38. The number of aromatic nitrogens is 1. The van der Waals surface area contributed by atoms with Gasteiger partial charge in [-0.15, -0.1) is 0 Å². The summed E-state index contributed by atoms with van der Waals surface area (Å²) in [6.45, 7) is 6.35. The van der Waals surface area contributed by atoms with Crippen molar-refractivity contribution in [2.45, 2.75) is 13.8 Å². The molecule has 0 atom stereocenters. The summed E-state index contributed by atoms with van der Waals surface area (Å²) in [5, 5.41) is 5.72. The third-order valence-corrected chi connectivity index (χ3v) is 4.28. The van der Waals surface area contributed by atoms with Crippen molar-refractivity contribution in [1.82, 2.24) is 4.98 Å². The molecule has 0 saturated carbocycles. The second kappa shape index (κ2) is 8.64. The van der Waals surface area contributed by atoms with Crippen molar-refractivity contribution in [3.05, 3.63) is 48.2 Å². The van der Waals surface area contributed by atoms with Gasteiger partial charge in [-0.05, 0) is 36.4 Å². The molecule has 0 aliphatic carbocycles. The highest BCUT2D eigenvalue weighted by Crippen LogP contribution is 2.21. The van der Waals surface area contributed by atoms with E-state index in [9.17, 15) is 9.59 Å². The van der Waals surface area contributed by atoms with Gasteiger partial charge in [0.25, 0.3) is 5.91 Å². The molecule has 1 aliphatic heterocycles. The van der Waals surface area contributed by atoms with E-state index >= 15 is 0 Å². The summed E-state index contributed by atoms with van der Waals surface area (Å²) < 4.78 is 5.37. The van der Waals surface area contributed by atoms with Crippen molar-refractivity contribution >= 4 is 29.0 Å². The van der Waals surface area contributed by atoms with Gasteiger partial charge in [0.15, 0.2) is 0 Å². The number of hydrogen-bond acceptors (Lipinski definition) is 5. The molecule has 142 valence electrons. The van der Waals surface area contributed by atoms with Crippen molar-refractivity contribution in [2.24, 2.45) is 5.92 Å². The van der Waals surface area contributed by atoms with Gasteiger partial charge in [-0.1, -0.05) is 13.8 Å². The van der Waals surface area contributed by atoms with Crippen molar-refractivity contribution in [2.75, 3.05) is 41.8 Å². The van der Waals surface area contributed by atoms with Crippen molar-refractivity contribution in [3.8, 4) is 0 Å². The number of pyridine rings is 1. The zero-order valence-electron chi connectivity index (χ0n) is 15.6. The molecule has 7 nitrogen and oxygen atoms in total. The Labute approximate surface area is 158 Å². The van der Waals surface area contributed by atoms with Gasteiger partial charge < -0.3 is 20.3 Å². The molecule has 1 saturated heterocycles. The molecular formula is C20H24N4O3. The summed E-state index contributed by atoms with van der Waals surface area (Å²) in [6, 6.07) is 10.6. The van der Waals surface area contributed by atoms with E-state index in [1.54, 1.807) is 42.6 Å². The van der Waals surface area contributed by atoms with Crippen molar-refractivity contribution in [1.29, 1.82) is 0 Å². The normalized spacial score (nSPS) is 14.1. The fourth-order valence-corrected chi connectivity index (χ4v) is 2.72. The molecule has 0 radical (unpaired) electrons. The number of morpholine rings is 1. The predicted molar refractivity (Wildman–Crippen MR) is 105 cm³/mol. The predicted octanol–water partition coefficient (Wildman–Crippen LogP) is 2.77. The Morgan fingerprint density at radius 3 is 2.30 bits per heavy atom. The van der Waals surface area contributed by atoms with Crippen LogP contribution in [0.1, 0.15) is 24.2 Å². The van der Waals surface area contributed by atoms with Crippen LogP contribution < -0.4 is 15.5 Å². The highest BCUT2D eigenvalue weighted by Gasteiger charge is 2.20. The van der Waals surface area contributed by atoms with Crippen LogP contribution in [0.25, 0.3) is 0 Å². The lowest BCUT2D eigenvalue weighted by molar-refractivity contribution is -0.118. The van der Waals surface area contributed by atoms with Crippen LogP contribution in [0.4, 0.5) is 17.2 Å². The standard InChI is InChI=1S/C20H24N4O3/c1-14(2)19(25)22-15-5-7-16(8-6-15)23-20(26)17-4-3-9-21-18(17)24-10-12-27-13-11-24/h3-9,14H,10-13H2,1-2H3,(H,22,25)(H,23,26). The summed E-state index contributed by atoms with van der Waals surface area (Å²) >= 11 is 0. The number of amides is 2. The fraction of sp³-hybridized carbons (Fsp3) is 0.350. The number of hydrogen-bond donors (Lipinski definition) is 2. The van der Waals surface area contributed by atoms with Crippen LogP contribution in [0.5, 0.6) is 0 Å². The maximum absolute atomic E-state index is 12.8. The van der Waals surface area contributed by atoms with E-state index in [0.717, 1.165) is 0 Å². The molecule has 2 N–H and O–H groups in total. The van der Waals surface area contributed by atoms with Crippen LogP contribution in [0.3, 0.4) is 0 Å². The van der Waals surface area contributed by atoms with Crippen molar-refractivity contribution in [3.63, 3.8) is 0 Å². The van der Waals surface area contributed by atoms with Gasteiger partial charge in [0, 0.05) is 36.6 Å². The van der Waals surface area contributed by atoms with E-state index in [1.165, 1.54) is 0 Å². The maximum Gasteiger partial charge on any atom is 0.259 e. The molecule has 1 aliphatic rings. The van der Waals surface area contributed by atoms with Gasteiger partial charge >= 0.3 is 0 Å². The van der Waals surface area contributed by atoms with E-state index in [1.807, 2.05) is 13.8 Å². The van der Waals surface area contributed by atoms with Crippen LogP contribution >= 0.6 is 0 Å². The number of nitrogens with one attached hydrogen (secondary N) is 2. The number of rotatable bonds is 5. The van der Waals surface area contributed by atoms with Gasteiger partial charge in [0.1, 0.15) is 5.82 Å². The number of ether oxygens (including phenoxy) is 1. The van der Waals surface area contributed by atoms with Crippen LogP contribution in [-0.4, -0.2) is 43.1 Å². The molecule has 2 heterocycles. The van der Waals surface area contributed by atoms with Gasteiger partial charge in [0.05, 0.1) is 18.8 Å². The summed E-state index contributed by atoms with van der Waals surface area (Å²) in [7, 11) is 0. The first-order chi connectivity index (χ1) is 13.0. The first-order valence-electron chi connectivity index (χ1n) is 9.04. The zero-order valence-corrected chi connectivity index (χ0v) is 15.6. The molecule has 27 heavy (non-hydrogen) atoms. The maximum atomic E-state index is 12.8. The van der Waals surface area contributed by atoms with Crippen LogP contribution in [-0.2, 0) is 9.53 Å². The highest BCUT2D eigenvalue weighted by atomic mass is 16.5. The summed E-state index contributed by atoms with van der Waals surface area (Å²) in [4.78, 5) is 30.9. The van der Waals surface area contributed by atoms with E-state index in [0.29, 0.717) is 49.1 Å². The minimum Gasteiger partial charge on any atom is -0.378 e. The molecule has 2 aromatic rings.